The molecule has 0 atom stereocenters. The lowest BCUT2D eigenvalue weighted by molar-refractivity contribution is -0.113. The molecule has 0 saturated heterocycles. The second-order valence-electron chi connectivity index (χ2n) is 6.95. The molecule has 0 radical (unpaired) electrons. The third kappa shape index (κ3) is 7.34. The molecule has 0 aliphatic rings. The van der Waals surface area contributed by atoms with Gasteiger partial charge in [0, 0.05) is 10.8 Å². The number of nitrogens with one attached hydrogen (secondary N) is 2. The van der Waals surface area contributed by atoms with Crippen molar-refractivity contribution in [2.45, 2.75) is 15.2 Å². The minimum atomic E-state index is -0.265. The molecule has 0 aliphatic heterocycles. The van der Waals surface area contributed by atoms with Crippen LogP contribution in [0.4, 0.5) is 11.1 Å². The van der Waals surface area contributed by atoms with E-state index in [1.807, 2.05) is 48.5 Å². The maximum atomic E-state index is 12.3. The Bertz CT molecular complexity index is 1340. The smallest absolute Gasteiger partial charge is 0.264 e. The number of hydrogen-bond acceptors (Lipinski definition) is 12. The van der Waals surface area contributed by atoms with E-state index in [1.165, 1.54) is 27.8 Å². The second kappa shape index (κ2) is 12.6. The van der Waals surface area contributed by atoms with Gasteiger partial charge in [0.25, 0.3) is 5.95 Å². The molecule has 11 nitrogen and oxygen atoms in total. The summed E-state index contributed by atoms with van der Waals surface area (Å²) in [5, 5.41) is 24.4. The Balaban J connectivity index is 1.23. The van der Waals surface area contributed by atoms with Gasteiger partial charge < -0.3 is 10.6 Å². The van der Waals surface area contributed by atoms with Gasteiger partial charge in [-0.1, -0.05) is 70.7 Å². The molecule has 0 bridgehead atoms. The van der Waals surface area contributed by atoms with Crippen LogP contribution in [0, 0.1) is 0 Å². The number of thioether (sulfide) groups is 2. The Kier molecular flexibility index (Phi) is 9.00. The van der Waals surface area contributed by atoms with E-state index in [1.54, 1.807) is 13.3 Å². The summed E-state index contributed by atoms with van der Waals surface area (Å²) in [4.78, 5) is 12.3. The molecule has 4 N–H and O–H groups in total. The van der Waals surface area contributed by atoms with Crippen LogP contribution in [-0.2, 0) is 10.5 Å². The molecule has 1 amide bonds. The van der Waals surface area contributed by atoms with Crippen molar-refractivity contribution in [1.29, 1.82) is 0 Å². The van der Waals surface area contributed by atoms with Crippen molar-refractivity contribution >= 4 is 69.7 Å². The molecule has 0 spiro atoms. The minimum absolute atomic E-state index is 0.0647. The molecular formula is C21H20ClN9O2S3. The molecule has 4 aromatic rings. The first-order chi connectivity index (χ1) is 17.5. The van der Waals surface area contributed by atoms with E-state index >= 15 is 0 Å². The fourth-order valence-corrected chi connectivity index (χ4v) is 5.17. The zero-order valence-electron chi connectivity index (χ0n) is 18.8. The SMILES string of the molecule is COc1cccc(/C=N/Nc2nnc(SCC(=O)Nc3nnc(SCc4ccc(Cl)cc4)s3)n2N)c1. The highest BCUT2D eigenvalue weighted by Gasteiger charge is 2.14. The standard InChI is InChI=1S/C21H20ClN9O2S3/c1-33-16-4-2-3-14(9-16)10-24-26-18-27-29-20(31(18)23)34-12-17(32)25-19-28-30-21(36-19)35-11-13-5-7-15(22)8-6-13/h2-10H,11-12,23H2,1H3,(H,26,27)(H,25,28,32)/b24-10+. The summed E-state index contributed by atoms with van der Waals surface area (Å²) in [6.07, 6.45) is 1.60. The molecule has 186 valence electrons. The molecule has 0 aliphatic carbocycles. The van der Waals surface area contributed by atoms with E-state index in [0.717, 1.165) is 38.7 Å². The number of halogens is 1. The first-order valence-electron chi connectivity index (χ1n) is 10.3. The van der Waals surface area contributed by atoms with E-state index in [0.29, 0.717) is 15.3 Å². The van der Waals surface area contributed by atoms with Gasteiger partial charge in [-0.25, -0.2) is 10.1 Å². The van der Waals surface area contributed by atoms with Crippen molar-refractivity contribution in [2.24, 2.45) is 5.10 Å². The molecule has 15 heteroatoms. The number of carbonyl (C=O) groups excluding carboxylic acids is 1. The first-order valence-corrected chi connectivity index (χ1v) is 13.4. The Hall–Kier alpha value is -3.33. The van der Waals surface area contributed by atoms with Crippen LogP contribution in [0.1, 0.15) is 11.1 Å². The lowest BCUT2D eigenvalue weighted by Gasteiger charge is -2.03. The normalized spacial score (nSPS) is 11.1. The second-order valence-corrected chi connectivity index (χ2v) is 10.5. The molecule has 2 aromatic carbocycles. The van der Waals surface area contributed by atoms with Crippen LogP contribution in [0.5, 0.6) is 5.75 Å². The Labute approximate surface area is 223 Å². The Morgan fingerprint density at radius 1 is 1.19 bits per heavy atom. The zero-order chi connectivity index (χ0) is 25.3. The summed E-state index contributed by atoms with van der Waals surface area (Å²) in [6.45, 7) is 0. The van der Waals surface area contributed by atoms with Crippen molar-refractivity contribution in [3.05, 3.63) is 64.7 Å². The van der Waals surface area contributed by atoms with Crippen molar-refractivity contribution in [3.63, 3.8) is 0 Å². The van der Waals surface area contributed by atoms with Crippen LogP contribution in [0.25, 0.3) is 0 Å². The average Bonchev–Trinajstić information content (AvgIpc) is 3.48. The molecule has 36 heavy (non-hydrogen) atoms. The fourth-order valence-electron chi connectivity index (χ4n) is 2.67. The third-order valence-corrected chi connectivity index (χ3v) is 7.64. The molecule has 2 heterocycles. The van der Waals surface area contributed by atoms with Crippen LogP contribution in [-0.4, -0.2) is 50.1 Å². The monoisotopic (exact) mass is 561 g/mol. The van der Waals surface area contributed by atoms with E-state index in [-0.39, 0.29) is 17.6 Å². The number of ether oxygens (including phenoxy) is 1. The number of hydrogen-bond donors (Lipinski definition) is 3. The quantitative estimate of drug-likeness (QED) is 0.0808. The number of methoxy groups -OCH3 is 1. The van der Waals surface area contributed by atoms with Gasteiger partial charge in [-0.2, -0.15) is 5.10 Å². The molecule has 4 rings (SSSR count). The Morgan fingerprint density at radius 3 is 2.83 bits per heavy atom. The maximum absolute atomic E-state index is 12.3. The molecule has 0 unspecified atom stereocenters. The van der Waals surface area contributed by atoms with Crippen LogP contribution >= 0.6 is 46.5 Å². The number of carbonyl (C=O) groups is 1. The van der Waals surface area contributed by atoms with Crippen LogP contribution < -0.4 is 21.3 Å². The molecular weight excluding hydrogens is 542 g/mol. The number of aromatic nitrogens is 5. The van der Waals surface area contributed by atoms with Crippen LogP contribution in [0.15, 0.2) is 63.1 Å². The van der Waals surface area contributed by atoms with Crippen molar-refractivity contribution in [3.8, 4) is 5.75 Å². The topological polar surface area (TPSA) is 145 Å². The van der Waals surface area contributed by atoms with Gasteiger partial charge in [-0.3, -0.25) is 10.1 Å². The number of rotatable bonds is 11. The lowest BCUT2D eigenvalue weighted by atomic mass is 10.2. The number of amides is 1. The summed E-state index contributed by atoms with van der Waals surface area (Å²) in [6, 6.07) is 15.0. The fraction of sp³-hybridized carbons (Fsp3) is 0.143. The highest BCUT2D eigenvalue weighted by atomic mass is 35.5. The molecule has 0 fully saturated rings. The highest BCUT2D eigenvalue weighted by Crippen LogP contribution is 2.29. The van der Waals surface area contributed by atoms with Gasteiger partial charge in [-0.05, 0) is 35.4 Å². The number of nitrogens with zero attached hydrogens (tertiary/aromatic N) is 6. The maximum Gasteiger partial charge on any atom is 0.264 e. The summed E-state index contributed by atoms with van der Waals surface area (Å²) in [7, 11) is 1.60. The Morgan fingerprint density at radius 2 is 2.03 bits per heavy atom. The number of nitrogens with two attached hydrogens (primary N) is 1. The largest absolute Gasteiger partial charge is 0.497 e. The average molecular weight is 562 g/mol. The summed E-state index contributed by atoms with van der Waals surface area (Å²) in [5.41, 5.74) is 4.68. The third-order valence-electron chi connectivity index (χ3n) is 4.40. The predicted molar refractivity (Wildman–Crippen MR) is 145 cm³/mol. The summed E-state index contributed by atoms with van der Waals surface area (Å²) in [5.74, 6) is 7.48. The number of anilines is 2. The van der Waals surface area contributed by atoms with E-state index < -0.39 is 0 Å². The highest BCUT2D eigenvalue weighted by molar-refractivity contribution is 8.00. The van der Waals surface area contributed by atoms with Gasteiger partial charge in [0.2, 0.25) is 16.2 Å². The van der Waals surface area contributed by atoms with Gasteiger partial charge in [0.15, 0.2) is 4.34 Å². The minimum Gasteiger partial charge on any atom is -0.497 e. The van der Waals surface area contributed by atoms with Gasteiger partial charge in [0.1, 0.15) is 5.75 Å². The van der Waals surface area contributed by atoms with Crippen LogP contribution in [0.2, 0.25) is 5.02 Å². The summed E-state index contributed by atoms with van der Waals surface area (Å²) >= 11 is 9.87. The number of benzene rings is 2. The van der Waals surface area contributed by atoms with Crippen LogP contribution in [0.3, 0.4) is 0 Å². The van der Waals surface area contributed by atoms with E-state index in [2.05, 4.69) is 36.2 Å². The van der Waals surface area contributed by atoms with Gasteiger partial charge in [-0.15, -0.1) is 20.4 Å². The lowest BCUT2D eigenvalue weighted by Crippen LogP contribution is -2.16. The number of nitrogen functional groups attached to an aromatic ring is 1. The summed E-state index contributed by atoms with van der Waals surface area (Å²) < 4.78 is 7.15. The van der Waals surface area contributed by atoms with Gasteiger partial charge >= 0.3 is 0 Å². The van der Waals surface area contributed by atoms with Crippen molar-refractivity contribution in [2.75, 3.05) is 29.4 Å². The molecule has 0 saturated carbocycles. The molecule has 2 aromatic heterocycles. The van der Waals surface area contributed by atoms with Crippen molar-refractivity contribution < 1.29 is 9.53 Å². The predicted octanol–water partition coefficient (Wildman–Crippen LogP) is 3.97. The zero-order valence-corrected chi connectivity index (χ0v) is 22.0. The first kappa shape index (κ1) is 25.8. The van der Waals surface area contributed by atoms with E-state index in [4.69, 9.17) is 22.2 Å². The van der Waals surface area contributed by atoms with E-state index in [9.17, 15) is 4.79 Å². The van der Waals surface area contributed by atoms with Gasteiger partial charge in [0.05, 0.1) is 19.1 Å². The number of hydrazone groups is 1. The van der Waals surface area contributed by atoms with Crippen molar-refractivity contribution in [1.82, 2.24) is 25.1 Å².